The van der Waals surface area contributed by atoms with Crippen LogP contribution in [0.15, 0.2) is 24.3 Å². The zero-order valence-corrected chi connectivity index (χ0v) is 11.8. The molecule has 0 saturated carbocycles. The Hall–Kier alpha value is -1.10. The van der Waals surface area contributed by atoms with Crippen LogP contribution in [0.25, 0.3) is 0 Å². The molecule has 1 aromatic rings. The van der Waals surface area contributed by atoms with Gasteiger partial charge in [0.05, 0.1) is 6.10 Å². The fourth-order valence-electron chi connectivity index (χ4n) is 2.33. The van der Waals surface area contributed by atoms with E-state index in [2.05, 4.69) is 4.90 Å². The summed E-state index contributed by atoms with van der Waals surface area (Å²) in [6, 6.07) is 7.36. The van der Waals surface area contributed by atoms with E-state index in [-0.39, 0.29) is 5.91 Å². The number of β-amino-alcohol motifs (C(OH)–C–C–N with tert-alkyl or cyclic N) is 1. The van der Waals surface area contributed by atoms with Gasteiger partial charge < -0.3 is 10.0 Å². The maximum absolute atomic E-state index is 11.2. The standard InChI is InChI=1S/C14H19ClN2O2/c1-11(18)17-8-6-16(7-9-17)10-14(19)12-4-2-3-5-13(12)15/h2-5,14,19H,6-10H2,1H3. The van der Waals surface area contributed by atoms with Gasteiger partial charge in [-0.3, -0.25) is 9.69 Å². The normalized spacial score (nSPS) is 18.4. The molecule has 1 aliphatic heterocycles. The average Bonchev–Trinajstić information content (AvgIpc) is 2.39. The summed E-state index contributed by atoms with van der Waals surface area (Å²) in [7, 11) is 0. The third kappa shape index (κ3) is 3.69. The lowest BCUT2D eigenvalue weighted by Crippen LogP contribution is -2.48. The molecule has 0 bridgehead atoms. The molecule has 1 heterocycles. The molecule has 5 heteroatoms. The molecule has 1 amide bonds. The number of rotatable bonds is 3. The zero-order chi connectivity index (χ0) is 13.8. The van der Waals surface area contributed by atoms with E-state index in [1.807, 2.05) is 23.1 Å². The largest absolute Gasteiger partial charge is 0.387 e. The van der Waals surface area contributed by atoms with Gasteiger partial charge in [-0.2, -0.15) is 0 Å². The summed E-state index contributed by atoms with van der Waals surface area (Å²) in [5.41, 5.74) is 0.762. The van der Waals surface area contributed by atoms with Crippen molar-refractivity contribution in [2.45, 2.75) is 13.0 Å². The number of halogens is 1. The lowest BCUT2D eigenvalue weighted by Gasteiger charge is -2.35. The van der Waals surface area contributed by atoms with E-state index in [4.69, 9.17) is 11.6 Å². The first-order valence-electron chi connectivity index (χ1n) is 6.48. The second kappa shape index (κ2) is 6.37. The highest BCUT2D eigenvalue weighted by atomic mass is 35.5. The Morgan fingerprint density at radius 2 is 1.95 bits per heavy atom. The summed E-state index contributed by atoms with van der Waals surface area (Å²) < 4.78 is 0. The Bertz CT molecular complexity index is 445. The number of carbonyl (C=O) groups is 1. The molecule has 19 heavy (non-hydrogen) atoms. The first-order valence-corrected chi connectivity index (χ1v) is 6.86. The lowest BCUT2D eigenvalue weighted by atomic mass is 10.1. The van der Waals surface area contributed by atoms with Gasteiger partial charge in [0.1, 0.15) is 0 Å². The van der Waals surface area contributed by atoms with Crippen LogP contribution in [0.4, 0.5) is 0 Å². The molecule has 1 saturated heterocycles. The molecule has 1 atom stereocenters. The van der Waals surface area contributed by atoms with E-state index in [0.717, 1.165) is 31.7 Å². The summed E-state index contributed by atoms with van der Waals surface area (Å²) >= 11 is 6.07. The van der Waals surface area contributed by atoms with E-state index in [9.17, 15) is 9.90 Å². The fraction of sp³-hybridized carbons (Fsp3) is 0.500. The van der Waals surface area contributed by atoms with Crippen molar-refractivity contribution in [3.63, 3.8) is 0 Å². The highest BCUT2D eigenvalue weighted by Gasteiger charge is 2.21. The lowest BCUT2D eigenvalue weighted by molar-refractivity contribution is -0.130. The summed E-state index contributed by atoms with van der Waals surface area (Å²) in [5, 5.41) is 10.8. The molecule has 1 N–H and O–H groups in total. The van der Waals surface area contributed by atoms with Crippen molar-refractivity contribution in [1.29, 1.82) is 0 Å². The zero-order valence-electron chi connectivity index (χ0n) is 11.1. The van der Waals surface area contributed by atoms with E-state index >= 15 is 0 Å². The Balaban J connectivity index is 1.89. The van der Waals surface area contributed by atoms with Crippen LogP contribution in [-0.4, -0.2) is 53.5 Å². The Kier molecular flexibility index (Phi) is 4.80. The highest BCUT2D eigenvalue weighted by molar-refractivity contribution is 6.31. The summed E-state index contributed by atoms with van der Waals surface area (Å²) in [6.07, 6.45) is -0.586. The van der Waals surface area contributed by atoms with Crippen molar-refractivity contribution in [2.24, 2.45) is 0 Å². The van der Waals surface area contributed by atoms with Crippen molar-refractivity contribution in [3.05, 3.63) is 34.9 Å². The first-order chi connectivity index (χ1) is 9.08. The topological polar surface area (TPSA) is 43.8 Å². The van der Waals surface area contributed by atoms with Crippen molar-refractivity contribution < 1.29 is 9.90 Å². The number of aliphatic hydroxyl groups excluding tert-OH is 1. The van der Waals surface area contributed by atoms with Crippen LogP contribution in [0.5, 0.6) is 0 Å². The van der Waals surface area contributed by atoms with Crippen LogP contribution < -0.4 is 0 Å². The first kappa shape index (κ1) is 14.3. The molecule has 0 aliphatic carbocycles. The van der Waals surface area contributed by atoms with Crippen molar-refractivity contribution >= 4 is 17.5 Å². The molecule has 2 rings (SSSR count). The van der Waals surface area contributed by atoms with Gasteiger partial charge in [0.15, 0.2) is 0 Å². The van der Waals surface area contributed by atoms with Crippen molar-refractivity contribution in [2.75, 3.05) is 32.7 Å². The molecule has 0 spiro atoms. The molecular weight excluding hydrogens is 264 g/mol. The van der Waals surface area contributed by atoms with Gasteiger partial charge in [0.2, 0.25) is 5.91 Å². The van der Waals surface area contributed by atoms with Gasteiger partial charge in [0.25, 0.3) is 0 Å². The summed E-state index contributed by atoms with van der Waals surface area (Å²) in [4.78, 5) is 15.2. The third-order valence-electron chi connectivity index (χ3n) is 3.51. The molecule has 1 fully saturated rings. The van der Waals surface area contributed by atoms with Crippen LogP contribution in [0.2, 0.25) is 5.02 Å². The monoisotopic (exact) mass is 282 g/mol. The Morgan fingerprint density at radius 1 is 1.32 bits per heavy atom. The molecule has 1 unspecified atom stereocenters. The minimum absolute atomic E-state index is 0.117. The Labute approximate surface area is 118 Å². The van der Waals surface area contributed by atoms with Crippen molar-refractivity contribution in [3.8, 4) is 0 Å². The van der Waals surface area contributed by atoms with Crippen LogP contribution in [-0.2, 0) is 4.79 Å². The second-order valence-corrected chi connectivity index (χ2v) is 5.25. The van der Waals surface area contributed by atoms with Crippen LogP contribution >= 0.6 is 11.6 Å². The number of aliphatic hydroxyl groups is 1. The maximum atomic E-state index is 11.2. The van der Waals surface area contributed by atoms with E-state index in [0.29, 0.717) is 11.6 Å². The minimum Gasteiger partial charge on any atom is -0.387 e. The Morgan fingerprint density at radius 3 is 2.53 bits per heavy atom. The number of amides is 1. The van der Waals surface area contributed by atoms with Gasteiger partial charge >= 0.3 is 0 Å². The van der Waals surface area contributed by atoms with Crippen LogP contribution in [0.1, 0.15) is 18.6 Å². The molecule has 1 aliphatic rings. The molecule has 0 aromatic heterocycles. The fourth-order valence-corrected chi connectivity index (χ4v) is 2.60. The second-order valence-electron chi connectivity index (χ2n) is 4.84. The number of benzene rings is 1. The molecule has 104 valence electrons. The number of carbonyl (C=O) groups excluding carboxylic acids is 1. The average molecular weight is 283 g/mol. The number of hydrogen-bond donors (Lipinski definition) is 1. The van der Waals surface area contributed by atoms with Gasteiger partial charge in [-0.25, -0.2) is 0 Å². The number of nitrogens with zero attached hydrogens (tertiary/aromatic N) is 2. The van der Waals surface area contributed by atoms with E-state index in [1.54, 1.807) is 13.0 Å². The van der Waals surface area contributed by atoms with E-state index in [1.165, 1.54) is 0 Å². The van der Waals surface area contributed by atoms with Gasteiger partial charge in [-0.1, -0.05) is 29.8 Å². The maximum Gasteiger partial charge on any atom is 0.219 e. The molecule has 0 radical (unpaired) electrons. The summed E-state index contributed by atoms with van der Waals surface area (Å²) in [5.74, 6) is 0.117. The van der Waals surface area contributed by atoms with Crippen LogP contribution in [0, 0.1) is 0 Å². The third-order valence-corrected chi connectivity index (χ3v) is 3.86. The van der Waals surface area contributed by atoms with Crippen molar-refractivity contribution in [1.82, 2.24) is 9.80 Å². The van der Waals surface area contributed by atoms with E-state index < -0.39 is 6.10 Å². The smallest absolute Gasteiger partial charge is 0.219 e. The summed E-state index contributed by atoms with van der Waals surface area (Å²) in [6.45, 7) is 5.18. The molecular formula is C14H19ClN2O2. The minimum atomic E-state index is -0.586. The predicted octanol–water partition coefficient (Wildman–Crippen LogP) is 1.54. The number of hydrogen-bond acceptors (Lipinski definition) is 3. The van der Waals surface area contributed by atoms with Gasteiger partial charge in [-0.05, 0) is 6.07 Å². The van der Waals surface area contributed by atoms with Crippen LogP contribution in [0.3, 0.4) is 0 Å². The number of piperazine rings is 1. The van der Waals surface area contributed by atoms with Gasteiger partial charge in [-0.15, -0.1) is 0 Å². The predicted molar refractivity (Wildman–Crippen MR) is 75.1 cm³/mol. The van der Waals surface area contributed by atoms with Gasteiger partial charge in [0, 0.05) is 50.2 Å². The quantitative estimate of drug-likeness (QED) is 0.915. The molecule has 1 aromatic carbocycles. The highest BCUT2D eigenvalue weighted by Crippen LogP contribution is 2.23. The molecule has 4 nitrogen and oxygen atoms in total. The SMILES string of the molecule is CC(=O)N1CCN(CC(O)c2ccccc2Cl)CC1.